The largest absolute Gasteiger partial charge is 0.379 e. The standard InChI is InChI=1S/C27H26Br2N4O2/c28-23-17-24(29)25(31-19-23)16-21(18-30)26(34)32-27(9-1-2-10-27)22-7-5-20(6-8-22)4-3-11-33-12-14-35-15-13-33/h5-8,16-17,19H,1-2,9-15H2,(H,32,34). The Hall–Kier alpha value is -2.49. The minimum Gasteiger partial charge on any atom is -0.379 e. The molecule has 1 aliphatic heterocycles. The summed E-state index contributed by atoms with van der Waals surface area (Å²) in [5.41, 5.74) is 2.06. The van der Waals surface area contributed by atoms with Crippen LogP contribution in [0, 0.1) is 23.2 Å². The molecular weight excluding hydrogens is 572 g/mol. The van der Waals surface area contributed by atoms with E-state index in [1.54, 1.807) is 6.20 Å². The number of hydrogen-bond donors (Lipinski definition) is 1. The van der Waals surface area contributed by atoms with Gasteiger partial charge in [0.15, 0.2) is 0 Å². The minimum absolute atomic E-state index is 0.0254. The summed E-state index contributed by atoms with van der Waals surface area (Å²) >= 11 is 6.80. The highest BCUT2D eigenvalue weighted by Crippen LogP contribution is 2.39. The summed E-state index contributed by atoms with van der Waals surface area (Å²) < 4.78 is 6.89. The van der Waals surface area contributed by atoms with Crippen molar-refractivity contribution in [2.45, 2.75) is 31.2 Å². The Morgan fingerprint density at radius 3 is 2.57 bits per heavy atom. The second-order valence-corrected chi connectivity index (χ2v) is 10.5. The fourth-order valence-corrected chi connectivity index (χ4v) is 5.55. The molecule has 180 valence electrons. The molecule has 0 spiro atoms. The monoisotopic (exact) mass is 596 g/mol. The van der Waals surface area contributed by atoms with Crippen LogP contribution in [0.2, 0.25) is 0 Å². The lowest BCUT2D eigenvalue weighted by atomic mass is 9.87. The molecule has 1 aromatic carbocycles. The van der Waals surface area contributed by atoms with Gasteiger partial charge in [-0.3, -0.25) is 14.7 Å². The van der Waals surface area contributed by atoms with E-state index in [-0.39, 0.29) is 11.5 Å². The Morgan fingerprint density at radius 1 is 1.20 bits per heavy atom. The van der Waals surface area contributed by atoms with Gasteiger partial charge in [0.1, 0.15) is 11.6 Å². The maximum absolute atomic E-state index is 13.2. The number of hydrogen-bond acceptors (Lipinski definition) is 5. The van der Waals surface area contributed by atoms with Gasteiger partial charge in [0.2, 0.25) is 0 Å². The third kappa shape index (κ3) is 6.59. The van der Waals surface area contributed by atoms with Gasteiger partial charge < -0.3 is 10.1 Å². The zero-order chi connectivity index (χ0) is 24.7. The van der Waals surface area contributed by atoms with Gasteiger partial charge in [0, 0.05) is 33.8 Å². The molecule has 2 fully saturated rings. The lowest BCUT2D eigenvalue weighted by Crippen LogP contribution is -2.44. The summed E-state index contributed by atoms with van der Waals surface area (Å²) in [6.07, 6.45) is 6.86. The average molecular weight is 598 g/mol. The number of aromatic nitrogens is 1. The number of nitrogens with zero attached hydrogens (tertiary/aromatic N) is 3. The topological polar surface area (TPSA) is 78.2 Å². The normalized spacial score (nSPS) is 17.8. The molecule has 1 N–H and O–H groups in total. The highest BCUT2D eigenvalue weighted by molar-refractivity contribution is 9.11. The van der Waals surface area contributed by atoms with E-state index in [1.807, 2.05) is 36.4 Å². The number of nitrogens with one attached hydrogen (secondary N) is 1. The predicted octanol–water partition coefficient (Wildman–Crippen LogP) is 4.78. The van der Waals surface area contributed by atoms with Crippen LogP contribution in [0.4, 0.5) is 0 Å². The summed E-state index contributed by atoms with van der Waals surface area (Å²) in [5.74, 6) is 6.10. The first kappa shape index (κ1) is 25.6. The maximum atomic E-state index is 13.2. The maximum Gasteiger partial charge on any atom is 0.262 e. The van der Waals surface area contributed by atoms with Gasteiger partial charge in [-0.15, -0.1) is 0 Å². The number of carbonyl (C=O) groups excluding carboxylic acids is 1. The average Bonchev–Trinajstić information content (AvgIpc) is 3.34. The first-order chi connectivity index (χ1) is 17.0. The number of rotatable bonds is 5. The minimum atomic E-state index is -0.489. The van der Waals surface area contributed by atoms with Crippen LogP contribution in [-0.4, -0.2) is 48.6 Å². The summed E-state index contributed by atoms with van der Waals surface area (Å²) in [6.45, 7) is 4.11. The summed E-state index contributed by atoms with van der Waals surface area (Å²) in [4.78, 5) is 19.7. The molecule has 2 aliphatic rings. The number of morpholine rings is 1. The molecule has 1 amide bonds. The molecule has 2 heterocycles. The molecule has 1 saturated carbocycles. The molecule has 1 aliphatic carbocycles. The Morgan fingerprint density at radius 2 is 1.91 bits per heavy atom. The number of amides is 1. The van der Waals surface area contributed by atoms with E-state index in [0.717, 1.165) is 74.1 Å². The van der Waals surface area contributed by atoms with E-state index in [1.165, 1.54) is 6.08 Å². The van der Waals surface area contributed by atoms with E-state index >= 15 is 0 Å². The van der Waals surface area contributed by atoms with Crippen molar-refractivity contribution in [3.05, 3.63) is 67.9 Å². The van der Waals surface area contributed by atoms with Crippen molar-refractivity contribution < 1.29 is 9.53 Å². The number of carbonyl (C=O) groups is 1. The molecule has 8 heteroatoms. The van der Waals surface area contributed by atoms with Gasteiger partial charge in [-0.1, -0.05) is 36.8 Å². The van der Waals surface area contributed by atoms with Crippen LogP contribution in [0.25, 0.3) is 6.08 Å². The molecule has 0 unspecified atom stereocenters. The van der Waals surface area contributed by atoms with E-state index in [9.17, 15) is 10.1 Å². The molecule has 1 saturated heterocycles. The van der Waals surface area contributed by atoms with E-state index in [2.05, 4.69) is 58.9 Å². The quantitative estimate of drug-likeness (QED) is 0.305. The van der Waals surface area contributed by atoms with Gasteiger partial charge in [-0.2, -0.15) is 5.26 Å². The van der Waals surface area contributed by atoms with Crippen molar-refractivity contribution >= 4 is 43.8 Å². The van der Waals surface area contributed by atoms with Gasteiger partial charge in [0.25, 0.3) is 5.91 Å². The molecule has 0 bridgehead atoms. The van der Waals surface area contributed by atoms with Gasteiger partial charge >= 0.3 is 0 Å². The van der Waals surface area contributed by atoms with Crippen LogP contribution in [0.15, 0.2) is 51.0 Å². The third-order valence-electron chi connectivity index (χ3n) is 6.37. The van der Waals surface area contributed by atoms with Crippen molar-refractivity contribution in [1.29, 1.82) is 5.26 Å². The van der Waals surface area contributed by atoms with Crippen molar-refractivity contribution in [3.63, 3.8) is 0 Å². The van der Waals surface area contributed by atoms with Crippen molar-refractivity contribution in [1.82, 2.24) is 15.2 Å². The van der Waals surface area contributed by atoms with Crippen LogP contribution < -0.4 is 5.32 Å². The zero-order valence-corrected chi connectivity index (χ0v) is 22.5. The number of nitriles is 1. The van der Waals surface area contributed by atoms with Crippen LogP contribution in [-0.2, 0) is 15.1 Å². The fourth-order valence-electron chi connectivity index (χ4n) is 4.45. The van der Waals surface area contributed by atoms with Crippen LogP contribution in [0.1, 0.15) is 42.5 Å². The summed E-state index contributed by atoms with van der Waals surface area (Å²) in [7, 11) is 0. The van der Waals surface area contributed by atoms with Crippen molar-refractivity contribution in [2.24, 2.45) is 0 Å². The Labute approximate surface area is 223 Å². The van der Waals surface area contributed by atoms with Crippen LogP contribution in [0.3, 0.4) is 0 Å². The zero-order valence-electron chi connectivity index (χ0n) is 19.3. The number of pyridine rings is 1. The Bertz CT molecular complexity index is 1200. The van der Waals surface area contributed by atoms with E-state index in [4.69, 9.17) is 4.74 Å². The lowest BCUT2D eigenvalue weighted by Gasteiger charge is -2.31. The molecule has 0 atom stereocenters. The first-order valence-corrected chi connectivity index (χ1v) is 13.2. The molecule has 4 rings (SSSR count). The second-order valence-electron chi connectivity index (χ2n) is 8.70. The first-order valence-electron chi connectivity index (χ1n) is 11.6. The van der Waals surface area contributed by atoms with E-state index in [0.29, 0.717) is 10.2 Å². The number of halogens is 2. The number of benzene rings is 1. The third-order valence-corrected chi connectivity index (χ3v) is 7.44. The van der Waals surface area contributed by atoms with Crippen LogP contribution >= 0.6 is 31.9 Å². The Kier molecular flexibility index (Phi) is 8.75. The summed E-state index contributed by atoms with van der Waals surface area (Å²) in [5, 5.41) is 12.9. The summed E-state index contributed by atoms with van der Waals surface area (Å²) in [6, 6.07) is 12.0. The molecule has 0 radical (unpaired) electrons. The predicted molar refractivity (Wildman–Crippen MR) is 142 cm³/mol. The highest BCUT2D eigenvalue weighted by atomic mass is 79.9. The Balaban J connectivity index is 1.48. The molecule has 6 nitrogen and oxygen atoms in total. The lowest BCUT2D eigenvalue weighted by molar-refractivity contribution is -0.119. The van der Waals surface area contributed by atoms with Gasteiger partial charge in [-0.25, -0.2) is 0 Å². The number of ether oxygens (including phenoxy) is 1. The van der Waals surface area contributed by atoms with Crippen molar-refractivity contribution in [3.8, 4) is 17.9 Å². The molecule has 1 aromatic heterocycles. The molecule has 35 heavy (non-hydrogen) atoms. The van der Waals surface area contributed by atoms with Gasteiger partial charge in [-0.05, 0) is 74.5 Å². The van der Waals surface area contributed by atoms with Crippen LogP contribution in [0.5, 0.6) is 0 Å². The smallest absolute Gasteiger partial charge is 0.262 e. The molecule has 2 aromatic rings. The van der Waals surface area contributed by atoms with E-state index < -0.39 is 5.54 Å². The second kappa shape index (κ2) is 12.0. The fraction of sp³-hybridized carbons (Fsp3) is 0.370. The SMILES string of the molecule is N#CC(=Cc1ncc(Br)cc1Br)C(=O)NC1(c2ccc(C#CCN3CCOCC3)cc2)CCCC1. The van der Waals surface area contributed by atoms with Gasteiger partial charge in [0.05, 0.1) is 31.0 Å². The van der Waals surface area contributed by atoms with Crippen molar-refractivity contribution in [2.75, 3.05) is 32.8 Å². The highest BCUT2D eigenvalue weighted by Gasteiger charge is 2.37. The molecular formula is C27H26Br2N4O2.